The molecule has 1 saturated heterocycles. The van der Waals surface area contributed by atoms with E-state index >= 15 is 0 Å². The van der Waals surface area contributed by atoms with Gasteiger partial charge in [0.25, 0.3) is 11.0 Å². The lowest BCUT2D eigenvalue weighted by molar-refractivity contribution is -0.132. The molecule has 0 bridgehead atoms. The number of amides is 1. The first-order chi connectivity index (χ1) is 21.5. The molecular formula is C35H41N7O2. The second-order valence-electron chi connectivity index (χ2n) is 11.6. The standard InChI is InChI=1S/C35H41N7O2/c1-2-3-4-5-6-7-8-15-33(43)41(23-22-40-20-11-12-21-40)24-32-39-31-14-10-9-13-30(31)34(44)42(32)29-18-16-28(17-19-29)35(25-36,26-37)27-38/h9-10,13-14,16-19H,2-8,11-12,15,20-24H2,1H3. The molecule has 1 amide bonds. The van der Waals surface area contributed by atoms with Crippen molar-refractivity contribution in [3.8, 4) is 23.9 Å². The molecule has 2 heterocycles. The molecule has 44 heavy (non-hydrogen) atoms. The highest BCUT2D eigenvalue weighted by atomic mass is 16.2. The Kier molecular flexibility index (Phi) is 11.6. The smallest absolute Gasteiger partial charge is 0.266 e. The SMILES string of the molecule is CCCCCCCCCC(=O)N(CCN1CCCC1)Cc1nc2ccccc2c(=O)n1-c1ccc(C(C#N)(C#N)C#N)cc1. The lowest BCUT2D eigenvalue weighted by Gasteiger charge is -2.27. The van der Waals surface area contributed by atoms with Crippen LogP contribution in [0, 0.1) is 34.0 Å². The van der Waals surface area contributed by atoms with Crippen molar-refractivity contribution in [2.45, 2.75) is 83.1 Å². The highest BCUT2D eigenvalue weighted by molar-refractivity contribution is 5.78. The summed E-state index contributed by atoms with van der Waals surface area (Å²) < 4.78 is 1.50. The third-order valence-corrected chi connectivity index (χ3v) is 8.47. The number of unbranched alkanes of at least 4 members (excludes halogenated alkanes) is 6. The Morgan fingerprint density at radius 1 is 0.909 bits per heavy atom. The van der Waals surface area contributed by atoms with Crippen LogP contribution in [0.3, 0.4) is 0 Å². The molecule has 2 aromatic carbocycles. The van der Waals surface area contributed by atoms with Gasteiger partial charge in [0, 0.05) is 25.1 Å². The number of aromatic nitrogens is 2. The molecule has 0 unspecified atom stereocenters. The van der Waals surface area contributed by atoms with Crippen molar-refractivity contribution in [2.75, 3.05) is 26.2 Å². The van der Waals surface area contributed by atoms with Crippen LogP contribution in [0.15, 0.2) is 53.3 Å². The first-order valence-corrected chi connectivity index (χ1v) is 15.8. The van der Waals surface area contributed by atoms with Crippen molar-refractivity contribution in [2.24, 2.45) is 0 Å². The summed E-state index contributed by atoms with van der Waals surface area (Å²) in [5.41, 5.74) is -0.952. The summed E-state index contributed by atoms with van der Waals surface area (Å²) in [7, 11) is 0. The van der Waals surface area contributed by atoms with Gasteiger partial charge in [0.2, 0.25) is 5.91 Å². The van der Waals surface area contributed by atoms with Gasteiger partial charge in [-0.1, -0.05) is 69.7 Å². The van der Waals surface area contributed by atoms with Gasteiger partial charge < -0.3 is 9.80 Å². The quantitative estimate of drug-likeness (QED) is 0.205. The van der Waals surface area contributed by atoms with E-state index in [1.54, 1.807) is 48.5 Å². The maximum absolute atomic E-state index is 13.9. The Bertz CT molecular complexity index is 1570. The molecule has 0 aliphatic carbocycles. The summed E-state index contributed by atoms with van der Waals surface area (Å²) in [4.78, 5) is 36.6. The molecule has 4 rings (SSSR count). The second-order valence-corrected chi connectivity index (χ2v) is 11.6. The van der Waals surface area contributed by atoms with Gasteiger partial charge in [-0.05, 0) is 56.6 Å². The highest BCUT2D eigenvalue weighted by Crippen LogP contribution is 2.24. The second kappa shape index (κ2) is 15.8. The van der Waals surface area contributed by atoms with Crippen LogP contribution in [0.2, 0.25) is 0 Å². The fraction of sp³-hybridized carbons (Fsp3) is 0.486. The zero-order valence-electron chi connectivity index (χ0n) is 25.7. The molecule has 0 N–H and O–H groups in total. The lowest BCUT2D eigenvalue weighted by Crippen LogP contribution is -2.39. The van der Waals surface area contributed by atoms with Crippen molar-refractivity contribution in [3.63, 3.8) is 0 Å². The number of rotatable bonds is 15. The largest absolute Gasteiger partial charge is 0.334 e. The normalized spacial score (nSPS) is 13.3. The van der Waals surface area contributed by atoms with Crippen LogP contribution in [0.4, 0.5) is 0 Å². The van der Waals surface area contributed by atoms with Crippen LogP contribution < -0.4 is 5.56 Å². The highest BCUT2D eigenvalue weighted by Gasteiger charge is 2.32. The number of hydrogen-bond acceptors (Lipinski definition) is 7. The van der Waals surface area contributed by atoms with Crippen LogP contribution in [-0.4, -0.2) is 51.4 Å². The first-order valence-electron chi connectivity index (χ1n) is 15.8. The molecule has 1 aliphatic rings. The number of nitrogens with zero attached hydrogens (tertiary/aromatic N) is 7. The number of fused-ring (bicyclic) bond motifs is 1. The molecule has 0 atom stereocenters. The van der Waals surface area contributed by atoms with Crippen LogP contribution >= 0.6 is 0 Å². The van der Waals surface area contributed by atoms with Crippen molar-refractivity contribution in [1.29, 1.82) is 15.8 Å². The van der Waals surface area contributed by atoms with Gasteiger partial charge in [-0.15, -0.1) is 0 Å². The Hall–Kier alpha value is -4.52. The Morgan fingerprint density at radius 3 is 2.20 bits per heavy atom. The first kappa shape index (κ1) is 32.4. The van der Waals surface area contributed by atoms with Crippen LogP contribution in [-0.2, 0) is 16.8 Å². The monoisotopic (exact) mass is 591 g/mol. The fourth-order valence-corrected chi connectivity index (χ4v) is 5.80. The number of para-hydroxylation sites is 1. The lowest BCUT2D eigenvalue weighted by atomic mass is 9.85. The number of carbonyl (C=O) groups is 1. The number of carbonyl (C=O) groups excluding carboxylic acids is 1. The van der Waals surface area contributed by atoms with Crippen molar-refractivity contribution >= 4 is 16.8 Å². The predicted molar refractivity (Wildman–Crippen MR) is 170 cm³/mol. The third kappa shape index (κ3) is 7.70. The Balaban J connectivity index is 1.65. The average Bonchev–Trinajstić information content (AvgIpc) is 3.58. The van der Waals surface area contributed by atoms with Crippen molar-refractivity contribution in [1.82, 2.24) is 19.4 Å². The van der Waals surface area contributed by atoms with Gasteiger partial charge in [0.05, 0.1) is 23.1 Å². The van der Waals surface area contributed by atoms with Gasteiger partial charge in [-0.2, -0.15) is 15.8 Å². The predicted octanol–water partition coefficient (Wildman–Crippen LogP) is 5.76. The van der Waals surface area contributed by atoms with Crippen molar-refractivity contribution in [3.05, 3.63) is 70.3 Å². The maximum Gasteiger partial charge on any atom is 0.266 e. The van der Waals surface area contributed by atoms with E-state index in [1.807, 2.05) is 11.0 Å². The van der Waals surface area contributed by atoms with E-state index in [-0.39, 0.29) is 23.6 Å². The van der Waals surface area contributed by atoms with E-state index in [0.29, 0.717) is 35.4 Å². The molecule has 0 radical (unpaired) electrons. The summed E-state index contributed by atoms with van der Waals surface area (Å²) in [6.07, 6.45) is 10.7. The van der Waals surface area contributed by atoms with Crippen LogP contribution in [0.25, 0.3) is 16.6 Å². The number of likely N-dealkylation sites (tertiary alicyclic amines) is 1. The molecule has 0 saturated carbocycles. The molecule has 1 fully saturated rings. The number of nitriles is 3. The zero-order chi connectivity index (χ0) is 31.4. The van der Waals surface area contributed by atoms with Crippen molar-refractivity contribution < 1.29 is 4.79 Å². The van der Waals surface area contributed by atoms with E-state index in [1.165, 1.54) is 55.2 Å². The molecule has 1 aliphatic heterocycles. The summed E-state index contributed by atoms with van der Waals surface area (Å²) in [6, 6.07) is 18.8. The van der Waals surface area contributed by atoms with Gasteiger partial charge in [-0.3, -0.25) is 14.2 Å². The minimum atomic E-state index is -1.94. The summed E-state index contributed by atoms with van der Waals surface area (Å²) in [5, 5.41) is 29.0. The maximum atomic E-state index is 13.9. The van der Waals surface area contributed by atoms with Crippen LogP contribution in [0.5, 0.6) is 0 Å². The minimum absolute atomic E-state index is 0.0592. The molecule has 9 heteroatoms. The third-order valence-electron chi connectivity index (χ3n) is 8.47. The van der Waals surface area contributed by atoms with E-state index in [9.17, 15) is 25.4 Å². The number of hydrogen-bond donors (Lipinski definition) is 0. The average molecular weight is 592 g/mol. The van der Waals surface area contributed by atoms with Gasteiger partial charge in [-0.25, -0.2) is 4.98 Å². The van der Waals surface area contributed by atoms with Gasteiger partial charge >= 0.3 is 0 Å². The number of benzene rings is 2. The van der Waals surface area contributed by atoms with Crippen LogP contribution in [0.1, 0.15) is 82.5 Å². The summed E-state index contributed by atoms with van der Waals surface area (Å²) in [6.45, 7) is 5.75. The Morgan fingerprint density at radius 2 is 1.55 bits per heavy atom. The molecule has 1 aromatic heterocycles. The van der Waals surface area contributed by atoms with Gasteiger partial charge in [0.15, 0.2) is 0 Å². The minimum Gasteiger partial charge on any atom is -0.334 e. The summed E-state index contributed by atoms with van der Waals surface area (Å²) in [5.74, 6) is 0.492. The van der Waals surface area contributed by atoms with Gasteiger partial charge in [0.1, 0.15) is 24.0 Å². The van der Waals surface area contributed by atoms with E-state index in [0.717, 1.165) is 38.9 Å². The molecule has 3 aromatic rings. The molecule has 228 valence electrons. The van der Waals surface area contributed by atoms with E-state index in [4.69, 9.17) is 4.98 Å². The zero-order valence-corrected chi connectivity index (χ0v) is 25.7. The van der Waals surface area contributed by atoms with E-state index < -0.39 is 5.41 Å². The topological polar surface area (TPSA) is 130 Å². The Labute approximate surface area is 259 Å². The molecular weight excluding hydrogens is 550 g/mol. The summed E-state index contributed by atoms with van der Waals surface area (Å²) >= 11 is 0. The molecule has 0 spiro atoms. The molecule has 9 nitrogen and oxygen atoms in total. The van der Waals surface area contributed by atoms with E-state index in [2.05, 4.69) is 11.8 Å². The fourth-order valence-electron chi connectivity index (χ4n) is 5.80.